The zero-order chi connectivity index (χ0) is 22.0. The molecule has 5 heteroatoms. The minimum atomic E-state index is -0.682. The van der Waals surface area contributed by atoms with Gasteiger partial charge in [-0.3, -0.25) is 9.80 Å². The second-order valence-corrected chi connectivity index (χ2v) is 9.94. The Hall–Kier alpha value is -1.95. The first kappa shape index (κ1) is 21.9. The first-order chi connectivity index (χ1) is 15.6. The molecule has 4 nitrogen and oxygen atoms in total. The molecule has 0 atom stereocenters. The van der Waals surface area contributed by atoms with Crippen LogP contribution in [0.1, 0.15) is 49.7 Å². The molecule has 5 rings (SSSR count). The van der Waals surface area contributed by atoms with Gasteiger partial charge in [-0.1, -0.05) is 24.3 Å². The number of aliphatic hydroxyl groups is 1. The molecule has 0 amide bonds. The van der Waals surface area contributed by atoms with E-state index in [9.17, 15) is 9.50 Å². The molecule has 2 aromatic rings. The molecule has 2 saturated heterocycles. The van der Waals surface area contributed by atoms with E-state index in [4.69, 9.17) is 0 Å². The monoisotopic (exact) mass is 437 g/mol. The zero-order valence-corrected chi connectivity index (χ0v) is 19.1. The lowest BCUT2D eigenvalue weighted by Gasteiger charge is -2.44. The molecule has 3 fully saturated rings. The van der Waals surface area contributed by atoms with Gasteiger partial charge in [-0.05, 0) is 87.0 Å². The molecule has 172 valence electrons. The lowest BCUT2D eigenvalue weighted by Crippen LogP contribution is -2.52. The van der Waals surface area contributed by atoms with Crippen LogP contribution in [0.2, 0.25) is 0 Å². The molecule has 3 aliphatic rings. The van der Waals surface area contributed by atoms with Crippen molar-refractivity contribution in [3.8, 4) is 0 Å². The summed E-state index contributed by atoms with van der Waals surface area (Å²) in [5.74, 6) is -0.177. The van der Waals surface area contributed by atoms with Crippen LogP contribution in [0.15, 0.2) is 48.5 Å². The summed E-state index contributed by atoms with van der Waals surface area (Å²) in [5, 5.41) is 11.4. The highest BCUT2D eigenvalue weighted by molar-refractivity contribution is 5.46. The van der Waals surface area contributed by atoms with Crippen molar-refractivity contribution in [2.24, 2.45) is 0 Å². The SMILES string of the molecule is O[C@]1(c2ccc(CN3CCCC3)cc2)CC[C@H](N2CCN(c3ccc(F)cc3)CC2)CC1. The highest BCUT2D eigenvalue weighted by Crippen LogP contribution is 2.39. The smallest absolute Gasteiger partial charge is 0.123 e. The van der Waals surface area contributed by atoms with Crippen LogP contribution in [0.25, 0.3) is 0 Å². The Labute approximate surface area is 191 Å². The maximum atomic E-state index is 13.2. The number of anilines is 1. The lowest BCUT2D eigenvalue weighted by molar-refractivity contribution is -0.0257. The van der Waals surface area contributed by atoms with Crippen molar-refractivity contribution in [1.82, 2.24) is 9.80 Å². The summed E-state index contributed by atoms with van der Waals surface area (Å²) in [4.78, 5) is 7.46. The van der Waals surface area contributed by atoms with Crippen LogP contribution in [0.3, 0.4) is 0 Å². The molecule has 32 heavy (non-hydrogen) atoms. The Bertz CT molecular complexity index is 863. The third kappa shape index (κ3) is 4.85. The van der Waals surface area contributed by atoms with Gasteiger partial charge in [-0.15, -0.1) is 0 Å². The first-order valence-corrected chi connectivity index (χ1v) is 12.4. The quantitative estimate of drug-likeness (QED) is 0.752. The summed E-state index contributed by atoms with van der Waals surface area (Å²) in [7, 11) is 0. The second-order valence-electron chi connectivity index (χ2n) is 9.94. The molecular formula is C27H36FN3O. The Morgan fingerprint density at radius 1 is 0.812 bits per heavy atom. The number of nitrogens with zero attached hydrogens (tertiary/aromatic N) is 3. The molecule has 0 bridgehead atoms. The van der Waals surface area contributed by atoms with Crippen molar-refractivity contribution in [2.45, 2.75) is 56.7 Å². The summed E-state index contributed by atoms with van der Waals surface area (Å²) in [6.07, 6.45) is 6.40. The predicted octanol–water partition coefficient (Wildman–Crippen LogP) is 4.37. The highest BCUT2D eigenvalue weighted by atomic mass is 19.1. The zero-order valence-electron chi connectivity index (χ0n) is 19.1. The van der Waals surface area contributed by atoms with E-state index in [1.807, 2.05) is 12.1 Å². The average Bonchev–Trinajstić information content (AvgIpc) is 3.34. The standard InChI is InChI=1S/C27H36FN3O/c28-24-7-9-25(10-8-24)30-17-19-31(20-18-30)26-11-13-27(32,14-12-26)23-5-3-22(4-6-23)21-29-15-1-2-16-29/h3-10,26,32H,1-2,11-21H2/t26-,27+. The summed E-state index contributed by atoms with van der Waals surface area (Å²) in [6.45, 7) is 7.48. The van der Waals surface area contributed by atoms with Crippen LogP contribution in [-0.2, 0) is 12.1 Å². The first-order valence-electron chi connectivity index (χ1n) is 12.4. The third-order valence-corrected chi connectivity index (χ3v) is 7.90. The number of hydrogen-bond donors (Lipinski definition) is 1. The molecule has 1 saturated carbocycles. The number of rotatable bonds is 5. The van der Waals surface area contributed by atoms with Crippen LogP contribution < -0.4 is 4.90 Å². The number of halogens is 1. The largest absolute Gasteiger partial charge is 0.385 e. The predicted molar refractivity (Wildman–Crippen MR) is 127 cm³/mol. The average molecular weight is 438 g/mol. The van der Waals surface area contributed by atoms with Crippen LogP contribution in [0.4, 0.5) is 10.1 Å². The van der Waals surface area contributed by atoms with Gasteiger partial charge >= 0.3 is 0 Å². The number of hydrogen-bond acceptors (Lipinski definition) is 4. The van der Waals surface area contributed by atoms with E-state index < -0.39 is 5.60 Å². The topological polar surface area (TPSA) is 30.0 Å². The van der Waals surface area contributed by atoms with Crippen molar-refractivity contribution < 1.29 is 9.50 Å². The summed E-state index contributed by atoms with van der Waals surface area (Å²) >= 11 is 0. The summed E-state index contributed by atoms with van der Waals surface area (Å²) in [6, 6.07) is 16.1. The van der Waals surface area contributed by atoms with E-state index in [1.54, 1.807) is 12.1 Å². The molecule has 0 aromatic heterocycles. The van der Waals surface area contributed by atoms with Crippen molar-refractivity contribution in [3.63, 3.8) is 0 Å². The van der Waals surface area contributed by atoms with Gasteiger partial charge in [0.1, 0.15) is 5.82 Å². The van der Waals surface area contributed by atoms with Gasteiger partial charge in [0.15, 0.2) is 0 Å². The van der Waals surface area contributed by atoms with E-state index in [-0.39, 0.29) is 5.82 Å². The molecule has 1 aliphatic carbocycles. The Morgan fingerprint density at radius 2 is 1.44 bits per heavy atom. The van der Waals surface area contributed by atoms with Crippen LogP contribution in [-0.4, -0.2) is 60.2 Å². The summed E-state index contributed by atoms with van der Waals surface area (Å²) < 4.78 is 13.2. The van der Waals surface area contributed by atoms with Gasteiger partial charge in [-0.25, -0.2) is 4.39 Å². The second kappa shape index (κ2) is 9.50. The lowest BCUT2D eigenvalue weighted by atomic mass is 9.77. The van der Waals surface area contributed by atoms with Gasteiger partial charge in [0.25, 0.3) is 0 Å². The van der Waals surface area contributed by atoms with Gasteiger partial charge in [0, 0.05) is 44.5 Å². The van der Waals surface area contributed by atoms with Crippen molar-refractivity contribution in [3.05, 3.63) is 65.5 Å². The van der Waals surface area contributed by atoms with Crippen molar-refractivity contribution >= 4 is 5.69 Å². The van der Waals surface area contributed by atoms with E-state index >= 15 is 0 Å². The fourth-order valence-corrected chi connectivity index (χ4v) is 5.85. The van der Waals surface area contributed by atoms with E-state index in [1.165, 1.54) is 31.5 Å². The Kier molecular flexibility index (Phi) is 6.49. The molecule has 2 aliphatic heterocycles. The van der Waals surface area contributed by atoms with Crippen molar-refractivity contribution in [2.75, 3.05) is 44.2 Å². The van der Waals surface area contributed by atoms with E-state index in [0.29, 0.717) is 6.04 Å². The van der Waals surface area contributed by atoms with E-state index in [2.05, 4.69) is 39.0 Å². The highest BCUT2D eigenvalue weighted by Gasteiger charge is 2.37. The van der Waals surface area contributed by atoms with E-state index in [0.717, 1.165) is 69.7 Å². The fraction of sp³-hybridized carbons (Fsp3) is 0.556. The molecule has 0 radical (unpaired) electrons. The van der Waals surface area contributed by atoms with Crippen LogP contribution >= 0.6 is 0 Å². The molecule has 2 heterocycles. The van der Waals surface area contributed by atoms with Crippen LogP contribution in [0, 0.1) is 5.82 Å². The number of benzene rings is 2. The number of likely N-dealkylation sites (tertiary alicyclic amines) is 1. The molecule has 2 aromatic carbocycles. The van der Waals surface area contributed by atoms with Crippen LogP contribution in [0.5, 0.6) is 0 Å². The number of piperazine rings is 1. The maximum absolute atomic E-state index is 13.2. The molecule has 0 unspecified atom stereocenters. The van der Waals surface area contributed by atoms with Gasteiger partial charge in [-0.2, -0.15) is 0 Å². The Balaban J connectivity index is 1.12. The van der Waals surface area contributed by atoms with Gasteiger partial charge in [0.05, 0.1) is 5.60 Å². The maximum Gasteiger partial charge on any atom is 0.123 e. The van der Waals surface area contributed by atoms with Crippen molar-refractivity contribution in [1.29, 1.82) is 0 Å². The van der Waals surface area contributed by atoms with Gasteiger partial charge < -0.3 is 10.0 Å². The third-order valence-electron chi connectivity index (χ3n) is 7.90. The van der Waals surface area contributed by atoms with Gasteiger partial charge in [0.2, 0.25) is 0 Å². The minimum absolute atomic E-state index is 0.177. The molecular weight excluding hydrogens is 401 g/mol. The normalized spacial score (nSPS) is 27.7. The Morgan fingerprint density at radius 3 is 2.06 bits per heavy atom. The molecule has 1 N–H and O–H groups in total. The minimum Gasteiger partial charge on any atom is -0.385 e. The molecule has 0 spiro atoms. The summed E-state index contributed by atoms with van der Waals surface area (Å²) in [5.41, 5.74) is 2.87. The fourth-order valence-electron chi connectivity index (χ4n) is 5.85.